The number of carbonyl (C=O) groups is 1. The van der Waals surface area contributed by atoms with Gasteiger partial charge in [-0.2, -0.15) is 0 Å². The van der Waals surface area contributed by atoms with Gasteiger partial charge < -0.3 is 14.1 Å². The van der Waals surface area contributed by atoms with Crippen molar-refractivity contribution in [2.75, 3.05) is 0 Å². The molecular formula is C15H13N3O3S. The fourth-order valence-electron chi connectivity index (χ4n) is 2.03. The van der Waals surface area contributed by atoms with E-state index >= 15 is 0 Å². The van der Waals surface area contributed by atoms with E-state index in [4.69, 9.17) is 4.42 Å². The van der Waals surface area contributed by atoms with Crippen LogP contribution in [0.2, 0.25) is 0 Å². The second-order valence-corrected chi connectivity index (χ2v) is 5.66. The standard InChI is InChI=1S/C15H13N3O3S/c1-18-13(11-8-5-9-21-11)16-17-15(18)22-12(14(19)20)10-6-3-2-4-7-10/h2-9,12H,1H3,(H,19,20). The molecule has 1 unspecified atom stereocenters. The normalized spacial score (nSPS) is 12.2. The molecule has 2 heterocycles. The van der Waals surface area contributed by atoms with Crippen LogP contribution in [0.1, 0.15) is 10.8 Å². The van der Waals surface area contributed by atoms with Crippen molar-refractivity contribution < 1.29 is 14.3 Å². The van der Waals surface area contributed by atoms with Gasteiger partial charge in [-0.25, -0.2) is 0 Å². The summed E-state index contributed by atoms with van der Waals surface area (Å²) < 4.78 is 7.03. The summed E-state index contributed by atoms with van der Waals surface area (Å²) in [6.45, 7) is 0. The maximum Gasteiger partial charge on any atom is 0.321 e. The van der Waals surface area contributed by atoms with Crippen LogP contribution in [0.15, 0.2) is 58.3 Å². The number of benzene rings is 1. The van der Waals surface area contributed by atoms with E-state index in [1.54, 1.807) is 42.1 Å². The Morgan fingerprint density at radius 3 is 2.64 bits per heavy atom. The molecule has 0 saturated heterocycles. The number of hydrogen-bond donors (Lipinski definition) is 1. The van der Waals surface area contributed by atoms with Crippen LogP contribution in [0.4, 0.5) is 0 Å². The molecule has 3 aromatic rings. The second kappa shape index (κ2) is 6.07. The Hall–Kier alpha value is -2.54. The van der Waals surface area contributed by atoms with Crippen LogP contribution >= 0.6 is 11.8 Å². The fourth-order valence-corrected chi connectivity index (χ4v) is 2.97. The lowest BCUT2D eigenvalue weighted by atomic mass is 10.1. The number of nitrogens with zero attached hydrogens (tertiary/aromatic N) is 3. The van der Waals surface area contributed by atoms with Gasteiger partial charge in [-0.3, -0.25) is 4.79 Å². The van der Waals surface area contributed by atoms with Gasteiger partial charge in [-0.1, -0.05) is 42.1 Å². The first kappa shape index (κ1) is 14.4. The molecule has 1 atom stereocenters. The van der Waals surface area contributed by atoms with Crippen molar-refractivity contribution in [3.8, 4) is 11.6 Å². The molecule has 0 spiro atoms. The molecule has 1 N–H and O–H groups in total. The van der Waals surface area contributed by atoms with Crippen molar-refractivity contribution in [2.45, 2.75) is 10.4 Å². The Morgan fingerprint density at radius 2 is 2.00 bits per heavy atom. The third-order valence-corrected chi connectivity index (χ3v) is 4.40. The lowest BCUT2D eigenvalue weighted by Crippen LogP contribution is -2.09. The second-order valence-electron chi connectivity index (χ2n) is 4.59. The van der Waals surface area contributed by atoms with Crippen molar-refractivity contribution in [1.29, 1.82) is 0 Å². The van der Waals surface area contributed by atoms with Crippen molar-refractivity contribution in [1.82, 2.24) is 14.8 Å². The molecule has 22 heavy (non-hydrogen) atoms. The van der Waals surface area contributed by atoms with Gasteiger partial charge in [-0.15, -0.1) is 10.2 Å². The zero-order chi connectivity index (χ0) is 15.5. The first-order chi connectivity index (χ1) is 10.7. The summed E-state index contributed by atoms with van der Waals surface area (Å²) in [5.41, 5.74) is 0.711. The predicted octanol–water partition coefficient (Wildman–Crippen LogP) is 2.99. The Morgan fingerprint density at radius 1 is 1.23 bits per heavy atom. The molecule has 6 nitrogen and oxygen atoms in total. The summed E-state index contributed by atoms with van der Waals surface area (Å²) in [6.07, 6.45) is 1.56. The van der Waals surface area contributed by atoms with Gasteiger partial charge in [0.15, 0.2) is 16.7 Å². The van der Waals surface area contributed by atoms with Gasteiger partial charge in [0.1, 0.15) is 5.25 Å². The molecule has 0 radical (unpaired) electrons. The van der Waals surface area contributed by atoms with Gasteiger partial charge in [0.2, 0.25) is 0 Å². The highest BCUT2D eigenvalue weighted by atomic mass is 32.2. The molecule has 0 amide bonds. The number of carboxylic acids is 1. The summed E-state index contributed by atoms with van der Waals surface area (Å²) in [5, 5.41) is 17.4. The Kier molecular flexibility index (Phi) is 3.97. The minimum Gasteiger partial charge on any atom is -0.480 e. The minimum absolute atomic E-state index is 0.516. The first-order valence-electron chi connectivity index (χ1n) is 6.54. The van der Waals surface area contributed by atoms with E-state index in [-0.39, 0.29) is 0 Å². The minimum atomic E-state index is -0.918. The summed E-state index contributed by atoms with van der Waals surface area (Å²) in [6, 6.07) is 12.6. The average Bonchev–Trinajstić information content (AvgIpc) is 3.15. The van der Waals surface area contributed by atoms with Crippen molar-refractivity contribution in [3.63, 3.8) is 0 Å². The van der Waals surface area contributed by atoms with Crippen LogP contribution in [0.3, 0.4) is 0 Å². The summed E-state index contributed by atoms with van der Waals surface area (Å²) in [4.78, 5) is 11.6. The molecular weight excluding hydrogens is 302 g/mol. The van der Waals surface area contributed by atoms with Crippen LogP contribution in [0.25, 0.3) is 11.6 Å². The first-order valence-corrected chi connectivity index (χ1v) is 7.42. The zero-order valence-electron chi connectivity index (χ0n) is 11.7. The Bertz CT molecular complexity index is 769. The highest BCUT2D eigenvalue weighted by Gasteiger charge is 2.24. The predicted molar refractivity (Wildman–Crippen MR) is 81.4 cm³/mol. The lowest BCUT2D eigenvalue weighted by Gasteiger charge is -2.11. The average molecular weight is 315 g/mol. The van der Waals surface area contributed by atoms with E-state index in [1.165, 1.54) is 0 Å². The van der Waals surface area contributed by atoms with E-state index in [1.807, 2.05) is 18.2 Å². The van der Waals surface area contributed by atoms with Gasteiger partial charge in [-0.05, 0) is 17.7 Å². The molecule has 0 fully saturated rings. The third kappa shape index (κ3) is 2.75. The van der Waals surface area contributed by atoms with Crippen LogP contribution < -0.4 is 0 Å². The molecule has 0 saturated carbocycles. The van der Waals surface area contributed by atoms with Crippen LogP contribution in [0.5, 0.6) is 0 Å². The number of aliphatic carboxylic acids is 1. The molecule has 0 aliphatic rings. The summed E-state index contributed by atoms with van der Waals surface area (Å²) in [7, 11) is 1.78. The highest BCUT2D eigenvalue weighted by molar-refractivity contribution is 8.00. The van der Waals surface area contributed by atoms with E-state index in [0.29, 0.717) is 22.3 Å². The SMILES string of the molecule is Cn1c(SC(C(=O)O)c2ccccc2)nnc1-c1ccco1. The Labute approximate surface area is 130 Å². The highest BCUT2D eigenvalue weighted by Crippen LogP contribution is 2.35. The molecule has 2 aromatic heterocycles. The summed E-state index contributed by atoms with van der Waals surface area (Å²) >= 11 is 1.14. The van der Waals surface area contributed by atoms with Gasteiger partial charge in [0, 0.05) is 7.05 Å². The molecule has 112 valence electrons. The van der Waals surface area contributed by atoms with E-state index in [9.17, 15) is 9.90 Å². The number of thioether (sulfide) groups is 1. The van der Waals surface area contributed by atoms with Crippen molar-refractivity contribution >= 4 is 17.7 Å². The Balaban J connectivity index is 1.90. The zero-order valence-corrected chi connectivity index (χ0v) is 12.5. The monoisotopic (exact) mass is 315 g/mol. The number of hydrogen-bond acceptors (Lipinski definition) is 5. The smallest absolute Gasteiger partial charge is 0.321 e. The molecule has 3 rings (SSSR count). The van der Waals surface area contributed by atoms with Crippen LogP contribution in [-0.2, 0) is 11.8 Å². The number of aromatic nitrogens is 3. The lowest BCUT2D eigenvalue weighted by molar-refractivity contribution is -0.136. The van der Waals surface area contributed by atoms with Crippen LogP contribution in [-0.4, -0.2) is 25.8 Å². The molecule has 0 aliphatic heterocycles. The van der Waals surface area contributed by atoms with Crippen molar-refractivity contribution in [3.05, 3.63) is 54.3 Å². The van der Waals surface area contributed by atoms with Gasteiger partial charge >= 0.3 is 5.97 Å². The van der Waals surface area contributed by atoms with Crippen molar-refractivity contribution in [2.24, 2.45) is 7.05 Å². The molecule has 0 aliphatic carbocycles. The van der Waals surface area contributed by atoms with Gasteiger partial charge in [0.05, 0.1) is 6.26 Å². The number of rotatable bonds is 5. The molecule has 7 heteroatoms. The fraction of sp³-hybridized carbons (Fsp3) is 0.133. The topological polar surface area (TPSA) is 81.2 Å². The number of furan rings is 1. The number of carboxylic acid groups (broad SMARTS) is 1. The molecule has 1 aromatic carbocycles. The largest absolute Gasteiger partial charge is 0.480 e. The third-order valence-electron chi connectivity index (χ3n) is 3.13. The van der Waals surface area contributed by atoms with Crippen LogP contribution in [0, 0.1) is 0 Å². The maximum absolute atomic E-state index is 11.6. The van der Waals surface area contributed by atoms with E-state index in [0.717, 1.165) is 11.8 Å². The molecule has 0 bridgehead atoms. The van der Waals surface area contributed by atoms with Gasteiger partial charge in [0.25, 0.3) is 0 Å². The van der Waals surface area contributed by atoms with E-state index in [2.05, 4.69) is 10.2 Å². The maximum atomic E-state index is 11.6. The quantitative estimate of drug-likeness (QED) is 0.729. The van der Waals surface area contributed by atoms with E-state index < -0.39 is 11.2 Å². The summed E-state index contributed by atoms with van der Waals surface area (Å²) in [5.74, 6) is 0.233.